The second-order valence-corrected chi connectivity index (χ2v) is 13.2. The molecule has 4 saturated carbocycles. The van der Waals surface area contributed by atoms with E-state index in [1.54, 1.807) is 6.92 Å². The fourth-order valence-electron chi connectivity index (χ4n) is 9.17. The lowest BCUT2D eigenvalue weighted by atomic mass is 9.44. The molecule has 0 aromatic carbocycles. The molecule has 0 bridgehead atoms. The Morgan fingerprint density at radius 2 is 1.56 bits per heavy atom. The summed E-state index contributed by atoms with van der Waals surface area (Å²) in [5.41, 5.74) is 1.00. The van der Waals surface area contributed by atoms with Crippen LogP contribution < -0.4 is 0 Å². The van der Waals surface area contributed by atoms with Gasteiger partial charge in [-0.3, -0.25) is 4.79 Å². The molecule has 0 aliphatic heterocycles. The maximum absolute atomic E-state index is 11.5. The Balaban J connectivity index is 1.46. The lowest BCUT2D eigenvalue weighted by Gasteiger charge is -2.61. The maximum Gasteiger partial charge on any atom is 0.302 e. The van der Waals surface area contributed by atoms with Crippen LogP contribution in [0.2, 0.25) is 0 Å². The summed E-state index contributed by atoms with van der Waals surface area (Å²) in [7, 11) is 0. The first-order chi connectivity index (χ1) is 15.1. The Bertz CT molecular complexity index is 710. The van der Waals surface area contributed by atoms with Crippen molar-refractivity contribution in [1.29, 1.82) is 0 Å². The van der Waals surface area contributed by atoms with Gasteiger partial charge in [-0.25, -0.2) is 0 Å². The van der Waals surface area contributed by atoms with Crippen molar-refractivity contribution >= 4 is 5.97 Å². The Labute approximate surface area is 198 Å². The van der Waals surface area contributed by atoms with Crippen molar-refractivity contribution in [2.45, 2.75) is 112 Å². The van der Waals surface area contributed by atoms with Crippen molar-refractivity contribution in [3.63, 3.8) is 0 Å². The van der Waals surface area contributed by atoms with E-state index in [4.69, 9.17) is 4.74 Å². The summed E-state index contributed by atoms with van der Waals surface area (Å²) in [5, 5.41) is 0. The van der Waals surface area contributed by atoms with E-state index in [9.17, 15) is 4.79 Å². The summed E-state index contributed by atoms with van der Waals surface area (Å²) in [6.07, 6.45) is 17.2. The average Bonchev–Trinajstić information content (AvgIpc) is 3.08. The van der Waals surface area contributed by atoms with E-state index in [0.29, 0.717) is 22.7 Å². The Morgan fingerprint density at radius 1 is 0.875 bits per heavy atom. The van der Waals surface area contributed by atoms with Crippen LogP contribution in [0, 0.1) is 58.2 Å². The van der Waals surface area contributed by atoms with Crippen LogP contribution in [0.1, 0.15) is 106 Å². The first-order valence-corrected chi connectivity index (χ1v) is 13.9. The van der Waals surface area contributed by atoms with Crippen molar-refractivity contribution in [2.24, 2.45) is 58.2 Å². The van der Waals surface area contributed by atoms with Crippen molar-refractivity contribution in [3.05, 3.63) is 12.2 Å². The molecule has 10 unspecified atom stereocenters. The molecule has 0 amide bonds. The lowest BCUT2D eigenvalue weighted by Crippen LogP contribution is -2.54. The van der Waals surface area contributed by atoms with Crippen LogP contribution >= 0.6 is 0 Å². The van der Waals surface area contributed by atoms with Gasteiger partial charge >= 0.3 is 5.97 Å². The maximum atomic E-state index is 11.5. The molecule has 2 nitrogen and oxygen atoms in total. The van der Waals surface area contributed by atoms with Crippen LogP contribution in [0.25, 0.3) is 0 Å². The van der Waals surface area contributed by atoms with Gasteiger partial charge in [0.2, 0.25) is 0 Å². The highest BCUT2D eigenvalue weighted by molar-refractivity contribution is 5.66. The van der Waals surface area contributed by atoms with E-state index in [0.717, 1.165) is 48.3 Å². The average molecular weight is 443 g/mol. The smallest absolute Gasteiger partial charge is 0.302 e. The summed E-state index contributed by atoms with van der Waals surface area (Å²) < 4.78 is 5.66. The predicted octanol–water partition coefficient (Wildman–Crippen LogP) is 8.06. The number of fused-ring (bicyclic) bond motifs is 5. The molecular formula is C30H50O2. The monoisotopic (exact) mass is 442 g/mol. The largest absolute Gasteiger partial charge is 0.463 e. The van der Waals surface area contributed by atoms with Gasteiger partial charge in [-0.1, -0.05) is 53.7 Å². The number of carbonyl (C=O) groups excluding carboxylic acids is 1. The topological polar surface area (TPSA) is 26.3 Å². The molecule has 0 aromatic rings. The van der Waals surface area contributed by atoms with Crippen molar-refractivity contribution in [1.82, 2.24) is 0 Å². The number of hydrogen-bond donors (Lipinski definition) is 0. The van der Waals surface area contributed by atoms with Gasteiger partial charge in [0.1, 0.15) is 6.10 Å². The van der Waals surface area contributed by atoms with E-state index in [1.807, 2.05) is 0 Å². The molecule has 0 saturated heterocycles. The standard InChI is InChI=1S/C30H50O2/c1-19(2)20(3)8-9-21(4)26-12-13-27-25-11-10-23-18-24(32-22(5)31)14-16-29(23,6)28(25)15-17-30(26,27)7/h8-9,19-21,23-28H,10-18H2,1-7H3. The SMILES string of the molecule is CC(=O)OC1CCC2(C)C(CCC3C2CCC2(C)C(C(C)C=CC(C)C(C)C)CCC32)C1. The van der Waals surface area contributed by atoms with Crippen molar-refractivity contribution in [3.8, 4) is 0 Å². The van der Waals surface area contributed by atoms with E-state index in [1.165, 1.54) is 44.9 Å². The Hall–Kier alpha value is -0.790. The molecule has 4 rings (SSSR count). The van der Waals surface area contributed by atoms with Crippen LogP contribution in [0.3, 0.4) is 0 Å². The molecule has 0 N–H and O–H groups in total. The Kier molecular flexibility index (Phi) is 6.92. The van der Waals surface area contributed by atoms with Gasteiger partial charge < -0.3 is 4.74 Å². The summed E-state index contributed by atoms with van der Waals surface area (Å²) >= 11 is 0. The van der Waals surface area contributed by atoms with E-state index in [-0.39, 0.29) is 12.1 Å². The van der Waals surface area contributed by atoms with E-state index in [2.05, 4.69) is 53.7 Å². The summed E-state index contributed by atoms with van der Waals surface area (Å²) in [5.74, 6) is 6.37. The third-order valence-corrected chi connectivity index (χ3v) is 11.4. The van der Waals surface area contributed by atoms with Crippen LogP contribution in [0.15, 0.2) is 12.2 Å². The molecule has 4 aliphatic carbocycles. The lowest BCUT2D eigenvalue weighted by molar-refractivity contribution is -0.160. The fraction of sp³-hybridized carbons (Fsp3) is 0.900. The number of esters is 1. The highest BCUT2D eigenvalue weighted by Crippen LogP contribution is 2.68. The Morgan fingerprint density at radius 3 is 2.25 bits per heavy atom. The molecule has 4 aliphatic rings. The highest BCUT2D eigenvalue weighted by atomic mass is 16.5. The quantitative estimate of drug-likeness (QED) is 0.318. The number of allylic oxidation sites excluding steroid dienone is 2. The van der Waals surface area contributed by atoms with Gasteiger partial charge in [-0.15, -0.1) is 0 Å². The number of ether oxygens (including phenoxy) is 1. The van der Waals surface area contributed by atoms with Gasteiger partial charge in [0.05, 0.1) is 0 Å². The zero-order valence-corrected chi connectivity index (χ0v) is 22.0. The van der Waals surface area contributed by atoms with Gasteiger partial charge in [0, 0.05) is 6.92 Å². The minimum atomic E-state index is -0.0938. The molecular weight excluding hydrogens is 392 g/mol. The van der Waals surface area contributed by atoms with E-state index < -0.39 is 0 Å². The van der Waals surface area contributed by atoms with Crippen LogP contribution in [-0.4, -0.2) is 12.1 Å². The normalized spacial score (nSPS) is 45.8. The molecule has 10 atom stereocenters. The zero-order valence-electron chi connectivity index (χ0n) is 22.0. The molecule has 0 spiro atoms. The summed E-state index contributed by atoms with van der Waals surface area (Å²) in [4.78, 5) is 11.5. The van der Waals surface area contributed by atoms with Gasteiger partial charge in [0.25, 0.3) is 0 Å². The van der Waals surface area contributed by atoms with Crippen molar-refractivity contribution < 1.29 is 9.53 Å². The van der Waals surface area contributed by atoms with Crippen LogP contribution in [0.4, 0.5) is 0 Å². The summed E-state index contributed by atoms with van der Waals surface area (Å²) in [6, 6.07) is 0. The molecule has 0 heterocycles. The third-order valence-electron chi connectivity index (χ3n) is 11.4. The van der Waals surface area contributed by atoms with Crippen LogP contribution in [-0.2, 0) is 9.53 Å². The first-order valence-electron chi connectivity index (χ1n) is 13.9. The van der Waals surface area contributed by atoms with Crippen molar-refractivity contribution in [2.75, 3.05) is 0 Å². The van der Waals surface area contributed by atoms with Gasteiger partial charge in [-0.05, 0) is 116 Å². The zero-order chi connectivity index (χ0) is 23.3. The van der Waals surface area contributed by atoms with Gasteiger partial charge in [0.15, 0.2) is 0 Å². The second-order valence-electron chi connectivity index (χ2n) is 13.2. The molecule has 0 radical (unpaired) electrons. The minimum Gasteiger partial charge on any atom is -0.463 e. The molecule has 0 aromatic heterocycles. The number of hydrogen-bond acceptors (Lipinski definition) is 2. The predicted molar refractivity (Wildman–Crippen MR) is 133 cm³/mol. The second kappa shape index (κ2) is 9.10. The minimum absolute atomic E-state index is 0.0938. The molecule has 32 heavy (non-hydrogen) atoms. The summed E-state index contributed by atoms with van der Waals surface area (Å²) in [6.45, 7) is 16.4. The molecule has 2 heteroatoms. The van der Waals surface area contributed by atoms with E-state index >= 15 is 0 Å². The van der Waals surface area contributed by atoms with Crippen LogP contribution in [0.5, 0.6) is 0 Å². The molecule has 4 fully saturated rings. The van der Waals surface area contributed by atoms with Gasteiger partial charge in [-0.2, -0.15) is 0 Å². The molecule has 182 valence electrons. The number of carbonyl (C=O) groups is 1. The third kappa shape index (κ3) is 4.22. The fourth-order valence-corrected chi connectivity index (χ4v) is 9.17. The number of rotatable bonds is 5. The first kappa shape index (κ1) is 24.3. The highest BCUT2D eigenvalue weighted by Gasteiger charge is 2.60.